The minimum absolute atomic E-state index is 0.0100. The van der Waals surface area contributed by atoms with Crippen LogP contribution in [0.25, 0.3) is 10.9 Å². The van der Waals surface area contributed by atoms with Crippen LogP contribution in [0.1, 0.15) is 52.6 Å². The number of pyridine rings is 1. The number of aromatic carboxylic acids is 1. The van der Waals surface area contributed by atoms with Crippen LogP contribution < -0.4 is 35.5 Å². The molecular formula is C41H44FN5O8. The fourth-order valence-corrected chi connectivity index (χ4v) is 5.99. The van der Waals surface area contributed by atoms with Gasteiger partial charge in [-0.05, 0) is 74.9 Å². The molecule has 5 rings (SSSR count). The molecule has 0 spiro atoms. The van der Waals surface area contributed by atoms with Crippen molar-refractivity contribution in [1.82, 2.24) is 10.3 Å². The van der Waals surface area contributed by atoms with E-state index in [1.165, 1.54) is 55.5 Å². The molecule has 0 bridgehead atoms. The van der Waals surface area contributed by atoms with Crippen LogP contribution in [0.5, 0.6) is 11.5 Å². The minimum Gasteiger partial charge on any atom is -0.497 e. The number of hydrogen-bond acceptors (Lipinski definition) is 9. The first kappa shape index (κ1) is 39.6. The van der Waals surface area contributed by atoms with Crippen molar-refractivity contribution < 1.29 is 38.1 Å². The Kier molecular flexibility index (Phi) is 12.3. The maximum Gasteiger partial charge on any atom is 0.407 e. The Balaban J connectivity index is 1.65. The summed E-state index contributed by atoms with van der Waals surface area (Å²) >= 11 is 0. The van der Waals surface area contributed by atoms with Crippen molar-refractivity contribution in [3.8, 4) is 11.5 Å². The molecule has 0 saturated carbocycles. The number of carboxylic acids is 1. The maximum atomic E-state index is 15.6. The van der Waals surface area contributed by atoms with E-state index in [0.29, 0.717) is 29.3 Å². The average Bonchev–Trinajstić information content (AvgIpc) is 3.14. The van der Waals surface area contributed by atoms with Crippen LogP contribution in [0, 0.1) is 5.82 Å². The van der Waals surface area contributed by atoms with Crippen LogP contribution in [0.15, 0.2) is 89.7 Å². The van der Waals surface area contributed by atoms with Crippen LogP contribution in [-0.2, 0) is 17.8 Å². The SMILES string of the molecule is COc1ccc(CN(C(=O)c2c(NCCNC(=O)OC(C)(C)C)c3cc(F)cc(N(C)Cc4ccccc4)c3[nH]c2=O)c2ccc(C(=O)O)cc2)c(OC)c1. The summed E-state index contributed by atoms with van der Waals surface area (Å²) in [5.74, 6) is -1.65. The molecule has 14 heteroatoms. The molecule has 4 N–H and O–H groups in total. The highest BCUT2D eigenvalue weighted by Crippen LogP contribution is 2.35. The predicted molar refractivity (Wildman–Crippen MR) is 209 cm³/mol. The van der Waals surface area contributed by atoms with E-state index < -0.39 is 34.9 Å². The second-order valence-corrected chi connectivity index (χ2v) is 13.7. The monoisotopic (exact) mass is 753 g/mol. The summed E-state index contributed by atoms with van der Waals surface area (Å²) in [6.07, 6.45) is -0.665. The number of rotatable bonds is 14. The van der Waals surface area contributed by atoms with Gasteiger partial charge >= 0.3 is 12.1 Å². The molecule has 4 aromatic carbocycles. The largest absolute Gasteiger partial charge is 0.497 e. The fraction of sp³-hybridized carbons (Fsp3) is 0.268. The molecule has 13 nitrogen and oxygen atoms in total. The minimum atomic E-state index is -1.16. The van der Waals surface area contributed by atoms with Crippen LogP contribution in [0.3, 0.4) is 0 Å². The standard InChI is InChI=1S/C41H44FN5O8/c1-41(2,3)55-40(52)44-19-18-43-36-31-20-28(42)21-32(46(4)23-25-10-8-7-9-11-25)35(31)45-37(48)34(36)38(49)47(29-15-12-26(13-16-29)39(50)51)24-27-14-17-30(53-5)22-33(27)54-6/h7-17,20-22H,18-19,23-24H2,1-6H3,(H,44,52)(H,50,51)(H2,43,45,48). The molecule has 1 aromatic heterocycles. The number of amides is 2. The molecule has 0 aliphatic rings. The summed E-state index contributed by atoms with van der Waals surface area (Å²) in [5.41, 5.74) is 0.570. The number of carbonyl (C=O) groups excluding carboxylic acids is 2. The van der Waals surface area contributed by atoms with Crippen LogP contribution in [-0.4, -0.2) is 68.0 Å². The van der Waals surface area contributed by atoms with Gasteiger partial charge in [0, 0.05) is 49.4 Å². The smallest absolute Gasteiger partial charge is 0.407 e. The number of nitrogens with zero attached hydrogens (tertiary/aromatic N) is 2. The summed E-state index contributed by atoms with van der Waals surface area (Å²) in [4.78, 5) is 59.3. The van der Waals surface area contributed by atoms with Gasteiger partial charge in [0.1, 0.15) is 28.5 Å². The van der Waals surface area contributed by atoms with E-state index in [1.54, 1.807) is 50.9 Å². The second kappa shape index (κ2) is 17.1. The lowest BCUT2D eigenvalue weighted by atomic mass is 10.0. The number of nitrogens with one attached hydrogen (secondary N) is 3. The number of H-pyrrole nitrogens is 1. The number of anilines is 3. The van der Waals surface area contributed by atoms with Crippen molar-refractivity contribution in [3.63, 3.8) is 0 Å². The van der Waals surface area contributed by atoms with Gasteiger partial charge in [-0.15, -0.1) is 0 Å². The summed E-state index contributed by atoms with van der Waals surface area (Å²) in [6, 6.07) is 22.7. The predicted octanol–water partition coefficient (Wildman–Crippen LogP) is 6.80. The molecule has 2 amide bonds. The molecule has 0 aliphatic carbocycles. The molecule has 0 radical (unpaired) electrons. The number of methoxy groups -OCH3 is 2. The summed E-state index contributed by atoms with van der Waals surface area (Å²) < 4.78 is 31.9. The molecule has 5 aromatic rings. The normalized spacial score (nSPS) is 11.1. The van der Waals surface area contributed by atoms with E-state index in [1.807, 2.05) is 30.3 Å². The van der Waals surface area contributed by atoms with Crippen molar-refractivity contribution in [2.24, 2.45) is 0 Å². The van der Waals surface area contributed by atoms with Crippen LogP contribution in [0.4, 0.5) is 26.2 Å². The molecule has 0 atom stereocenters. The molecule has 0 saturated heterocycles. The zero-order valence-corrected chi connectivity index (χ0v) is 31.5. The van der Waals surface area contributed by atoms with Gasteiger partial charge in [0.25, 0.3) is 11.5 Å². The quantitative estimate of drug-likeness (QED) is 0.0888. The molecule has 0 aliphatic heterocycles. The summed E-state index contributed by atoms with van der Waals surface area (Å²) in [7, 11) is 4.74. The van der Waals surface area contributed by atoms with Gasteiger partial charge < -0.3 is 44.7 Å². The number of alkyl carbamates (subject to hydrolysis) is 1. The van der Waals surface area contributed by atoms with Crippen molar-refractivity contribution in [3.05, 3.63) is 123 Å². The number of carboxylic acid groups (broad SMARTS) is 1. The van der Waals surface area contributed by atoms with E-state index >= 15 is 4.39 Å². The molecule has 0 fully saturated rings. The van der Waals surface area contributed by atoms with Gasteiger partial charge in [-0.2, -0.15) is 0 Å². The highest BCUT2D eigenvalue weighted by molar-refractivity contribution is 6.14. The lowest BCUT2D eigenvalue weighted by Crippen LogP contribution is -2.37. The zero-order chi connectivity index (χ0) is 39.9. The molecular weight excluding hydrogens is 709 g/mol. The van der Waals surface area contributed by atoms with E-state index in [4.69, 9.17) is 14.2 Å². The van der Waals surface area contributed by atoms with Gasteiger partial charge in [0.05, 0.1) is 43.2 Å². The Morgan fingerprint density at radius 1 is 0.891 bits per heavy atom. The lowest BCUT2D eigenvalue weighted by Gasteiger charge is -2.26. The summed E-state index contributed by atoms with van der Waals surface area (Å²) in [6.45, 7) is 5.50. The Labute approximate surface area is 317 Å². The first-order chi connectivity index (χ1) is 26.2. The lowest BCUT2D eigenvalue weighted by molar-refractivity contribution is 0.0529. The Hall–Kier alpha value is -6.57. The summed E-state index contributed by atoms with van der Waals surface area (Å²) in [5, 5.41) is 15.5. The number of benzene rings is 4. The highest BCUT2D eigenvalue weighted by Gasteiger charge is 2.29. The number of hydrogen-bond donors (Lipinski definition) is 4. The third kappa shape index (κ3) is 9.71. The Morgan fingerprint density at radius 3 is 2.24 bits per heavy atom. The van der Waals surface area contributed by atoms with Crippen LogP contribution >= 0.6 is 0 Å². The number of halogens is 1. The third-order valence-electron chi connectivity index (χ3n) is 8.54. The third-order valence-corrected chi connectivity index (χ3v) is 8.54. The van der Waals surface area contributed by atoms with Crippen molar-refractivity contribution in [2.45, 2.75) is 39.5 Å². The van der Waals surface area contributed by atoms with Gasteiger partial charge in [-0.1, -0.05) is 30.3 Å². The number of fused-ring (bicyclic) bond motifs is 1. The molecule has 1 heterocycles. The fourth-order valence-electron chi connectivity index (χ4n) is 5.99. The number of aromatic amines is 1. The van der Waals surface area contributed by atoms with Crippen LogP contribution in [0.2, 0.25) is 0 Å². The Bertz CT molecular complexity index is 2240. The first-order valence-electron chi connectivity index (χ1n) is 17.4. The first-order valence-corrected chi connectivity index (χ1v) is 17.4. The highest BCUT2D eigenvalue weighted by atomic mass is 19.1. The van der Waals surface area contributed by atoms with E-state index in [-0.39, 0.29) is 53.0 Å². The Morgan fingerprint density at radius 2 is 1.60 bits per heavy atom. The topological polar surface area (TPSA) is 163 Å². The average molecular weight is 754 g/mol. The van der Waals surface area contributed by atoms with Crippen molar-refractivity contribution in [2.75, 3.05) is 49.5 Å². The van der Waals surface area contributed by atoms with Crippen molar-refractivity contribution in [1.29, 1.82) is 0 Å². The van der Waals surface area contributed by atoms with Crippen molar-refractivity contribution >= 4 is 45.9 Å². The van der Waals surface area contributed by atoms with Gasteiger partial charge in [-0.3, -0.25) is 9.59 Å². The van der Waals surface area contributed by atoms with Gasteiger partial charge in [0.15, 0.2) is 0 Å². The molecule has 288 valence electrons. The number of aromatic nitrogens is 1. The van der Waals surface area contributed by atoms with E-state index in [2.05, 4.69) is 15.6 Å². The van der Waals surface area contributed by atoms with Gasteiger partial charge in [0.2, 0.25) is 0 Å². The zero-order valence-electron chi connectivity index (χ0n) is 31.5. The van der Waals surface area contributed by atoms with Gasteiger partial charge in [-0.25, -0.2) is 14.0 Å². The number of ether oxygens (including phenoxy) is 3. The second-order valence-electron chi connectivity index (χ2n) is 13.7. The maximum absolute atomic E-state index is 15.6. The molecule has 55 heavy (non-hydrogen) atoms. The van der Waals surface area contributed by atoms with E-state index in [0.717, 1.165) is 5.56 Å². The number of carbonyl (C=O) groups is 3. The molecule has 0 unspecified atom stereocenters. The van der Waals surface area contributed by atoms with E-state index in [9.17, 15) is 24.3 Å².